The lowest BCUT2D eigenvalue weighted by Crippen LogP contribution is -3.11. The third kappa shape index (κ3) is 4.66. The number of imide groups is 2. The first-order valence-electron chi connectivity index (χ1n) is 9.21. The van der Waals surface area contributed by atoms with Crippen molar-refractivity contribution >= 4 is 29.7 Å². The number of hydrogen-bond donors (Lipinski definition) is 2. The number of carbonyl (C=O) groups is 3. The van der Waals surface area contributed by atoms with Gasteiger partial charge >= 0.3 is 6.03 Å². The van der Waals surface area contributed by atoms with E-state index in [4.69, 9.17) is 9.47 Å². The predicted octanol–water partition coefficient (Wildman–Crippen LogP) is -0.102. The Labute approximate surface area is 164 Å². The minimum absolute atomic E-state index is 0.197. The van der Waals surface area contributed by atoms with Gasteiger partial charge in [0.15, 0.2) is 5.92 Å². The van der Waals surface area contributed by atoms with E-state index in [0.29, 0.717) is 18.0 Å². The minimum atomic E-state index is -1.18. The predicted molar refractivity (Wildman–Crippen MR) is 104 cm³/mol. The van der Waals surface area contributed by atoms with Crippen molar-refractivity contribution in [3.8, 4) is 11.5 Å². The number of urea groups is 1. The molecule has 0 spiro atoms. The molecule has 1 aromatic rings. The summed E-state index contributed by atoms with van der Waals surface area (Å²) >= 11 is 0. The average Bonchev–Trinajstić information content (AvgIpc) is 2.69. The van der Waals surface area contributed by atoms with Crippen molar-refractivity contribution < 1.29 is 28.8 Å². The first-order chi connectivity index (χ1) is 13.5. The minimum Gasteiger partial charge on any atom is -0.497 e. The highest BCUT2D eigenvalue weighted by molar-refractivity contribution is 6.33. The van der Waals surface area contributed by atoms with Gasteiger partial charge in [0.2, 0.25) is 5.91 Å². The van der Waals surface area contributed by atoms with E-state index in [-0.39, 0.29) is 5.69 Å². The molecular weight excluding hydrogens is 364 g/mol. The molecule has 0 bridgehead atoms. The summed E-state index contributed by atoms with van der Waals surface area (Å²) in [5.74, 6) is -1.80. The van der Waals surface area contributed by atoms with Crippen LogP contribution in [-0.2, 0) is 9.59 Å². The molecular formula is C19H27N4O5+. The van der Waals surface area contributed by atoms with Gasteiger partial charge in [-0.25, -0.2) is 9.69 Å². The Morgan fingerprint density at radius 1 is 1.18 bits per heavy atom. The van der Waals surface area contributed by atoms with E-state index in [1.807, 2.05) is 0 Å². The molecule has 2 N–H and O–H groups in total. The Balaban J connectivity index is 2.24. The summed E-state index contributed by atoms with van der Waals surface area (Å²) < 4.78 is 10.4. The highest BCUT2D eigenvalue weighted by Gasteiger charge is 2.41. The molecule has 1 unspecified atom stereocenters. The van der Waals surface area contributed by atoms with Gasteiger partial charge in [-0.15, -0.1) is 0 Å². The van der Waals surface area contributed by atoms with Crippen molar-refractivity contribution in [3.63, 3.8) is 0 Å². The van der Waals surface area contributed by atoms with Gasteiger partial charge in [-0.2, -0.15) is 0 Å². The number of carbonyl (C=O) groups excluding carboxylic acids is 3. The van der Waals surface area contributed by atoms with Gasteiger partial charge < -0.3 is 14.4 Å². The smallest absolute Gasteiger partial charge is 0.335 e. The third-order valence-electron chi connectivity index (χ3n) is 4.68. The van der Waals surface area contributed by atoms with E-state index < -0.39 is 23.8 Å². The monoisotopic (exact) mass is 391 g/mol. The number of ether oxygens (including phenoxy) is 2. The normalized spacial score (nSPS) is 17.4. The molecule has 28 heavy (non-hydrogen) atoms. The fourth-order valence-corrected chi connectivity index (χ4v) is 2.93. The highest BCUT2D eigenvalue weighted by atomic mass is 16.5. The molecule has 0 aliphatic carbocycles. The second kappa shape index (κ2) is 9.84. The summed E-state index contributed by atoms with van der Waals surface area (Å²) in [6, 6.07) is 3.90. The maximum atomic E-state index is 12.9. The zero-order valence-corrected chi connectivity index (χ0v) is 16.7. The van der Waals surface area contributed by atoms with Crippen LogP contribution < -0.4 is 24.6 Å². The molecule has 0 saturated carbocycles. The van der Waals surface area contributed by atoms with E-state index in [9.17, 15) is 14.4 Å². The van der Waals surface area contributed by atoms with Crippen molar-refractivity contribution in [2.75, 3.05) is 45.3 Å². The zero-order valence-electron chi connectivity index (χ0n) is 16.7. The van der Waals surface area contributed by atoms with Crippen LogP contribution >= 0.6 is 0 Å². The number of methoxy groups -OCH3 is 2. The number of likely N-dealkylation sites (N-methyl/N-ethyl adjacent to an activating group) is 1. The second-order valence-electron chi connectivity index (χ2n) is 6.25. The Morgan fingerprint density at radius 3 is 2.50 bits per heavy atom. The lowest BCUT2D eigenvalue weighted by atomic mass is 10.1. The number of aliphatic imine (C=N–C) groups is 1. The van der Waals surface area contributed by atoms with Crippen LogP contribution in [0.4, 0.5) is 10.5 Å². The number of quaternary nitrogens is 1. The number of anilines is 1. The molecule has 1 fully saturated rings. The molecule has 0 radical (unpaired) electrons. The number of nitrogens with zero attached hydrogens (tertiary/aromatic N) is 2. The molecule has 1 aliphatic rings. The van der Waals surface area contributed by atoms with Crippen LogP contribution in [0.5, 0.6) is 11.5 Å². The maximum Gasteiger partial charge on any atom is 0.335 e. The summed E-state index contributed by atoms with van der Waals surface area (Å²) in [5.41, 5.74) is 0.197. The highest BCUT2D eigenvalue weighted by Crippen LogP contribution is 2.34. The molecule has 4 amide bonds. The molecule has 0 aromatic heterocycles. The van der Waals surface area contributed by atoms with Gasteiger partial charge in [-0.3, -0.25) is 19.9 Å². The Morgan fingerprint density at radius 2 is 1.89 bits per heavy atom. The first-order valence-corrected chi connectivity index (χ1v) is 9.21. The van der Waals surface area contributed by atoms with Crippen LogP contribution in [0.25, 0.3) is 0 Å². The van der Waals surface area contributed by atoms with Crippen molar-refractivity contribution in [1.29, 1.82) is 0 Å². The summed E-state index contributed by atoms with van der Waals surface area (Å²) in [6.07, 6.45) is 1.31. The zero-order chi connectivity index (χ0) is 20.7. The third-order valence-corrected chi connectivity index (χ3v) is 4.68. The van der Waals surface area contributed by atoms with Crippen molar-refractivity contribution in [2.45, 2.75) is 13.8 Å². The molecule has 9 heteroatoms. The number of amides is 4. The Kier molecular flexibility index (Phi) is 7.51. The number of rotatable bonds is 9. The van der Waals surface area contributed by atoms with Gasteiger partial charge in [0, 0.05) is 12.3 Å². The lowest BCUT2D eigenvalue weighted by molar-refractivity contribution is -0.894. The van der Waals surface area contributed by atoms with Crippen molar-refractivity contribution in [3.05, 3.63) is 18.2 Å². The van der Waals surface area contributed by atoms with Gasteiger partial charge in [-0.1, -0.05) is 0 Å². The fourth-order valence-electron chi connectivity index (χ4n) is 2.93. The summed E-state index contributed by atoms with van der Waals surface area (Å²) in [6.45, 7) is 7.43. The quantitative estimate of drug-likeness (QED) is 0.452. The topological polar surface area (TPSA) is 102 Å². The Bertz CT molecular complexity index is 761. The lowest BCUT2D eigenvalue weighted by Gasteiger charge is -2.29. The summed E-state index contributed by atoms with van der Waals surface area (Å²) in [7, 11) is 2.90. The Hall–Kier alpha value is -2.94. The van der Waals surface area contributed by atoms with Gasteiger partial charge in [-0.05, 0) is 26.0 Å². The van der Waals surface area contributed by atoms with Gasteiger partial charge in [0.05, 0.1) is 46.1 Å². The number of hydrogen-bond acceptors (Lipinski definition) is 6. The molecule has 1 atom stereocenters. The largest absolute Gasteiger partial charge is 0.497 e. The molecule has 1 saturated heterocycles. The number of benzene rings is 1. The summed E-state index contributed by atoms with van der Waals surface area (Å²) in [5, 5.41) is 2.20. The molecule has 1 heterocycles. The van der Waals surface area contributed by atoms with Crippen molar-refractivity contribution in [2.24, 2.45) is 10.9 Å². The van der Waals surface area contributed by atoms with Crippen LogP contribution in [-0.4, -0.2) is 64.5 Å². The van der Waals surface area contributed by atoms with Crippen LogP contribution in [0.3, 0.4) is 0 Å². The van der Waals surface area contributed by atoms with Gasteiger partial charge in [0.25, 0.3) is 5.91 Å². The van der Waals surface area contributed by atoms with Crippen LogP contribution in [0.2, 0.25) is 0 Å². The van der Waals surface area contributed by atoms with Crippen molar-refractivity contribution in [1.82, 2.24) is 5.32 Å². The van der Waals surface area contributed by atoms with Crippen LogP contribution in [0.1, 0.15) is 13.8 Å². The summed E-state index contributed by atoms with van der Waals surface area (Å²) in [4.78, 5) is 43.9. The van der Waals surface area contributed by atoms with E-state index in [2.05, 4.69) is 24.2 Å². The maximum absolute atomic E-state index is 12.9. The van der Waals surface area contributed by atoms with E-state index in [1.165, 1.54) is 31.4 Å². The molecule has 152 valence electrons. The molecule has 2 rings (SSSR count). The fraction of sp³-hybridized carbons (Fsp3) is 0.474. The van der Waals surface area contributed by atoms with E-state index in [1.54, 1.807) is 12.1 Å². The second-order valence-corrected chi connectivity index (χ2v) is 6.25. The number of barbiturate groups is 1. The first kappa shape index (κ1) is 21.4. The van der Waals surface area contributed by atoms with Crippen LogP contribution in [0, 0.1) is 5.92 Å². The van der Waals surface area contributed by atoms with Gasteiger partial charge in [0.1, 0.15) is 11.5 Å². The van der Waals surface area contributed by atoms with E-state index in [0.717, 1.165) is 24.5 Å². The molecule has 1 aliphatic heterocycles. The van der Waals surface area contributed by atoms with Crippen LogP contribution in [0.15, 0.2) is 23.2 Å². The SMILES string of the molecule is CC[NH+](CC)CCN=CC1C(=O)NC(=O)N(c2cc(OC)ccc2OC)C1=O. The van der Waals surface area contributed by atoms with E-state index >= 15 is 0 Å². The molecule has 9 nitrogen and oxygen atoms in total. The molecule has 1 aromatic carbocycles. The number of nitrogens with one attached hydrogen (secondary N) is 2. The standard InChI is InChI=1S/C19H26N4O5/c1-5-22(6-2)10-9-20-12-14-17(24)21-19(26)23(18(14)25)15-11-13(27-3)7-8-16(15)28-4/h7-8,11-12,14H,5-6,9-10H2,1-4H3,(H,21,24,26)/p+1. The average molecular weight is 391 g/mol.